The Morgan fingerprint density at radius 3 is 2.60 bits per heavy atom. The Labute approximate surface area is 145 Å². The molecular weight excluding hydrogens is 320 g/mol. The molecule has 0 saturated carbocycles. The van der Waals surface area contributed by atoms with Crippen molar-refractivity contribution in [2.75, 3.05) is 23.3 Å². The Morgan fingerprint density at radius 1 is 1.20 bits per heavy atom. The van der Waals surface area contributed by atoms with Crippen LogP contribution in [0.2, 0.25) is 0 Å². The first-order valence-electron chi connectivity index (χ1n) is 8.32. The maximum absolute atomic E-state index is 12.7. The van der Waals surface area contributed by atoms with Crippen molar-refractivity contribution in [3.05, 3.63) is 57.8 Å². The van der Waals surface area contributed by atoms with Gasteiger partial charge in [0.25, 0.3) is 11.6 Å². The van der Waals surface area contributed by atoms with Gasteiger partial charge in [0.15, 0.2) is 0 Å². The first-order chi connectivity index (χ1) is 12.0. The fraction of sp³-hybridized carbons (Fsp3) is 0.333. The number of nitrogens with one attached hydrogen (secondary N) is 1. The molecule has 1 amide bonds. The second-order valence-corrected chi connectivity index (χ2v) is 6.18. The molecule has 25 heavy (non-hydrogen) atoms. The summed E-state index contributed by atoms with van der Waals surface area (Å²) in [5, 5.41) is 13.8. The predicted molar refractivity (Wildman–Crippen MR) is 96.1 cm³/mol. The fourth-order valence-corrected chi connectivity index (χ4v) is 2.96. The Bertz CT molecular complexity index is 783. The first-order valence-corrected chi connectivity index (χ1v) is 8.32. The van der Waals surface area contributed by atoms with E-state index in [2.05, 4.69) is 15.2 Å². The number of aryl methyl sites for hydroxylation is 1. The molecule has 1 aliphatic rings. The molecule has 2 heterocycles. The van der Waals surface area contributed by atoms with Crippen LogP contribution in [-0.4, -0.2) is 28.9 Å². The normalized spacial score (nSPS) is 14.2. The second-order valence-electron chi connectivity index (χ2n) is 6.18. The number of pyridine rings is 1. The van der Waals surface area contributed by atoms with Crippen molar-refractivity contribution in [3.8, 4) is 0 Å². The molecule has 1 aromatic carbocycles. The maximum Gasteiger partial charge on any atom is 0.270 e. The van der Waals surface area contributed by atoms with E-state index in [4.69, 9.17) is 0 Å². The van der Waals surface area contributed by atoms with Crippen molar-refractivity contribution in [1.82, 2.24) is 4.98 Å². The number of rotatable bonds is 4. The van der Waals surface area contributed by atoms with Crippen molar-refractivity contribution in [3.63, 3.8) is 0 Å². The highest BCUT2D eigenvalue weighted by Crippen LogP contribution is 2.28. The van der Waals surface area contributed by atoms with Gasteiger partial charge in [0, 0.05) is 31.4 Å². The number of hydrogen-bond donors (Lipinski definition) is 1. The van der Waals surface area contributed by atoms with Crippen LogP contribution >= 0.6 is 0 Å². The smallest absolute Gasteiger partial charge is 0.270 e. The highest BCUT2D eigenvalue weighted by Gasteiger charge is 2.22. The van der Waals surface area contributed by atoms with Gasteiger partial charge >= 0.3 is 0 Å². The molecule has 0 spiro atoms. The van der Waals surface area contributed by atoms with Gasteiger partial charge in [-0.2, -0.15) is 0 Å². The Morgan fingerprint density at radius 2 is 1.96 bits per heavy atom. The Balaban J connectivity index is 1.92. The van der Waals surface area contributed by atoms with E-state index < -0.39 is 4.92 Å². The van der Waals surface area contributed by atoms with Gasteiger partial charge in [-0.15, -0.1) is 0 Å². The van der Waals surface area contributed by atoms with Crippen molar-refractivity contribution in [2.24, 2.45) is 0 Å². The van der Waals surface area contributed by atoms with Crippen molar-refractivity contribution in [1.29, 1.82) is 0 Å². The minimum Gasteiger partial charge on any atom is -0.371 e. The van der Waals surface area contributed by atoms with Crippen LogP contribution in [0.1, 0.15) is 35.2 Å². The molecule has 1 aromatic heterocycles. The average molecular weight is 340 g/mol. The molecule has 1 saturated heterocycles. The number of nitrogens with zero attached hydrogens (tertiary/aromatic N) is 3. The maximum atomic E-state index is 12.7. The van der Waals surface area contributed by atoms with Gasteiger partial charge in [-0.3, -0.25) is 14.9 Å². The van der Waals surface area contributed by atoms with Gasteiger partial charge in [0.2, 0.25) is 0 Å². The molecule has 0 bridgehead atoms. The van der Waals surface area contributed by atoms with Gasteiger partial charge in [-0.1, -0.05) is 6.07 Å². The second kappa shape index (κ2) is 7.29. The zero-order valence-corrected chi connectivity index (χ0v) is 14.1. The highest BCUT2D eigenvalue weighted by molar-refractivity contribution is 6.08. The summed E-state index contributed by atoms with van der Waals surface area (Å²) < 4.78 is 0. The number of non-ortho nitro benzene ring substituents is 1. The summed E-state index contributed by atoms with van der Waals surface area (Å²) >= 11 is 0. The first kappa shape index (κ1) is 16.9. The molecule has 0 radical (unpaired) electrons. The van der Waals surface area contributed by atoms with E-state index in [1.54, 1.807) is 18.3 Å². The van der Waals surface area contributed by atoms with Gasteiger partial charge in [-0.05, 0) is 43.9 Å². The van der Waals surface area contributed by atoms with Crippen molar-refractivity contribution in [2.45, 2.75) is 26.2 Å². The van der Waals surface area contributed by atoms with Crippen molar-refractivity contribution < 1.29 is 9.72 Å². The topological polar surface area (TPSA) is 88.4 Å². The number of piperidine rings is 1. The lowest BCUT2D eigenvalue weighted by Gasteiger charge is -2.30. The molecule has 7 heteroatoms. The summed E-state index contributed by atoms with van der Waals surface area (Å²) in [7, 11) is 0. The summed E-state index contributed by atoms with van der Waals surface area (Å²) in [4.78, 5) is 29.6. The van der Waals surface area contributed by atoms with Crippen LogP contribution in [0.4, 0.5) is 17.2 Å². The SMILES string of the molecule is Cc1ccc(NC(=O)c2cc([N+](=O)[O-])ccc2N2CCCCC2)nc1. The third-order valence-electron chi connectivity index (χ3n) is 4.29. The number of nitro groups is 1. The number of benzene rings is 1. The summed E-state index contributed by atoms with van der Waals surface area (Å²) in [5.74, 6) is 0.0346. The molecule has 1 fully saturated rings. The summed E-state index contributed by atoms with van der Waals surface area (Å²) in [6.07, 6.45) is 4.93. The molecule has 1 aliphatic heterocycles. The molecule has 0 unspecified atom stereocenters. The number of carbonyl (C=O) groups excluding carboxylic acids is 1. The van der Waals surface area contributed by atoms with Crippen LogP contribution < -0.4 is 10.2 Å². The number of hydrogen-bond acceptors (Lipinski definition) is 5. The van der Waals surface area contributed by atoms with Crippen LogP contribution in [0.25, 0.3) is 0 Å². The monoisotopic (exact) mass is 340 g/mol. The average Bonchev–Trinajstić information content (AvgIpc) is 2.63. The Hall–Kier alpha value is -2.96. The minimum atomic E-state index is -0.485. The lowest BCUT2D eigenvalue weighted by atomic mass is 10.1. The van der Waals surface area contributed by atoms with E-state index in [1.807, 2.05) is 13.0 Å². The predicted octanol–water partition coefficient (Wildman–Crippen LogP) is 3.54. The van der Waals surface area contributed by atoms with Crippen LogP contribution in [0.15, 0.2) is 36.5 Å². The van der Waals surface area contributed by atoms with Gasteiger partial charge in [0.1, 0.15) is 5.82 Å². The van der Waals surface area contributed by atoms with E-state index in [1.165, 1.54) is 12.1 Å². The third-order valence-corrected chi connectivity index (χ3v) is 4.29. The summed E-state index contributed by atoms with van der Waals surface area (Å²) in [6, 6.07) is 8.02. The van der Waals surface area contributed by atoms with Crippen LogP contribution in [0, 0.1) is 17.0 Å². The Kier molecular flexibility index (Phi) is 4.92. The van der Waals surface area contributed by atoms with Crippen LogP contribution in [0.5, 0.6) is 0 Å². The molecule has 2 aromatic rings. The molecule has 7 nitrogen and oxygen atoms in total. The quantitative estimate of drug-likeness (QED) is 0.679. The lowest BCUT2D eigenvalue weighted by Crippen LogP contribution is -2.31. The van der Waals surface area contributed by atoms with Gasteiger partial charge in [-0.25, -0.2) is 4.98 Å². The summed E-state index contributed by atoms with van der Waals surface area (Å²) in [5.41, 5.74) is 1.93. The minimum absolute atomic E-state index is 0.0947. The molecular formula is C18H20N4O3. The van der Waals surface area contributed by atoms with Crippen LogP contribution in [0.3, 0.4) is 0 Å². The zero-order chi connectivity index (χ0) is 17.8. The molecule has 0 atom stereocenters. The van der Waals surface area contributed by atoms with Gasteiger partial charge < -0.3 is 10.2 Å². The molecule has 3 rings (SSSR count). The summed E-state index contributed by atoms with van der Waals surface area (Å²) in [6.45, 7) is 3.61. The van der Waals surface area contributed by atoms with Gasteiger partial charge in [0.05, 0.1) is 16.2 Å². The van der Waals surface area contributed by atoms with E-state index in [0.29, 0.717) is 11.4 Å². The standard InChI is InChI=1S/C18H20N4O3/c1-13-5-8-17(19-12-13)20-18(23)15-11-14(22(24)25)6-7-16(15)21-9-3-2-4-10-21/h5-8,11-12H,2-4,9-10H2,1H3,(H,19,20,23). The van der Waals surface area contributed by atoms with E-state index >= 15 is 0 Å². The molecule has 0 aliphatic carbocycles. The number of aromatic nitrogens is 1. The van der Waals surface area contributed by atoms with E-state index in [9.17, 15) is 14.9 Å². The molecule has 130 valence electrons. The highest BCUT2D eigenvalue weighted by atomic mass is 16.6. The zero-order valence-electron chi connectivity index (χ0n) is 14.1. The number of amides is 1. The van der Waals surface area contributed by atoms with Crippen molar-refractivity contribution >= 4 is 23.1 Å². The fourth-order valence-electron chi connectivity index (χ4n) is 2.96. The number of carbonyl (C=O) groups is 1. The van der Waals surface area contributed by atoms with Crippen LogP contribution in [-0.2, 0) is 0 Å². The van der Waals surface area contributed by atoms with E-state index in [-0.39, 0.29) is 11.6 Å². The lowest BCUT2D eigenvalue weighted by molar-refractivity contribution is -0.384. The largest absolute Gasteiger partial charge is 0.371 e. The number of nitro benzene ring substituents is 1. The number of anilines is 2. The molecule has 1 N–H and O–H groups in total. The van der Waals surface area contributed by atoms with E-state index in [0.717, 1.165) is 43.6 Å². The third kappa shape index (κ3) is 3.93.